The van der Waals surface area contributed by atoms with Crippen molar-refractivity contribution in [3.8, 4) is 80.1 Å². The number of aliphatic hydroxyl groups excluding tert-OH is 7. The van der Waals surface area contributed by atoms with E-state index in [9.17, 15) is 80.6 Å². The first-order valence-electron chi connectivity index (χ1n) is 41.9. The second kappa shape index (κ2) is 41.5. The normalized spacial score (nSPS) is 25.5. The molecule has 42 heteroatoms. The number of halogens is 2. The first-order valence-corrected chi connectivity index (χ1v) is 42.7. The fraction of sp³-hybridized carbons (Fsp3) is 0.420. The monoisotopic (exact) mass is 1840 g/mol. The van der Waals surface area contributed by atoms with Gasteiger partial charge in [0, 0.05) is 55.3 Å². The third kappa shape index (κ3) is 21.3. The molecule has 20 N–H and O–H groups in total. The smallest absolute Gasteiger partial charge is 0.335 e. The second-order valence-corrected chi connectivity index (χ2v) is 33.3. The zero-order valence-electron chi connectivity index (χ0n) is 70.4. The van der Waals surface area contributed by atoms with Crippen LogP contribution < -0.4 is 66.2 Å². The first-order chi connectivity index (χ1) is 62.1. The zero-order chi connectivity index (χ0) is 93.4. The maximum absolute atomic E-state index is 16.9. The number of nitrogens with one attached hydrogen (secondary N) is 8. The van der Waals surface area contributed by atoms with E-state index in [1.807, 2.05) is 0 Å². The number of fused-ring (bicyclic) bond motifs is 14. The Balaban J connectivity index is 1.04. The zero-order valence-corrected chi connectivity index (χ0v) is 71.9. The molecule has 15 rings (SSSR count). The minimum absolute atomic E-state index is 0.0526. The molecule has 0 aliphatic carbocycles. The Morgan fingerprint density at radius 3 is 1.88 bits per heavy atom. The molecule has 0 spiro atoms. The molecule has 2 saturated heterocycles. The summed E-state index contributed by atoms with van der Waals surface area (Å²) in [6.07, 6.45) is -13.9. The van der Waals surface area contributed by atoms with Gasteiger partial charge >= 0.3 is 5.97 Å². The fourth-order valence-electron chi connectivity index (χ4n) is 16.1. The van der Waals surface area contributed by atoms with Gasteiger partial charge in [-0.05, 0) is 140 Å². The van der Waals surface area contributed by atoms with Gasteiger partial charge in [-0.15, -0.1) is 4.91 Å². The molecular formula is C88H99Cl2N11O29. The van der Waals surface area contributed by atoms with Crippen molar-refractivity contribution in [1.82, 2.24) is 52.4 Å². The van der Waals surface area contributed by atoms with E-state index in [-0.39, 0.29) is 41.8 Å². The molecule has 2 fully saturated rings. The summed E-state index contributed by atoms with van der Waals surface area (Å²) in [7, 11) is 4.64. The van der Waals surface area contributed by atoms with E-state index in [4.69, 9.17) is 56.4 Å². The van der Waals surface area contributed by atoms with Gasteiger partial charge in [-0.25, -0.2) is 9.80 Å². The van der Waals surface area contributed by atoms with Crippen LogP contribution in [0.1, 0.15) is 153 Å². The molecule has 8 heterocycles. The average molecular weight is 1850 g/mol. The lowest BCUT2D eigenvalue weighted by Gasteiger charge is -2.41. The molecule has 694 valence electrons. The topological polar surface area (TPSA) is 593 Å². The molecule has 0 radical (unpaired) electrons. The van der Waals surface area contributed by atoms with Gasteiger partial charge in [0.15, 0.2) is 35.1 Å². The molecule has 8 amide bonds. The van der Waals surface area contributed by atoms with Crippen LogP contribution in [0.25, 0.3) is 11.1 Å². The second-order valence-electron chi connectivity index (χ2n) is 32.6. The maximum atomic E-state index is 16.9. The van der Waals surface area contributed by atoms with Crippen molar-refractivity contribution in [3.63, 3.8) is 0 Å². The summed E-state index contributed by atoms with van der Waals surface area (Å²) in [4.78, 5) is 153. The Morgan fingerprint density at radius 2 is 1.19 bits per heavy atom. The van der Waals surface area contributed by atoms with Gasteiger partial charge in [0.05, 0.1) is 21.9 Å². The standard InChI is InChI=1S/C88H99Cl2N11O29/c1-5-6-7-8-9-10-11-12-13-15-61(107)93-69-73(110)75(112)78(86(121)122)130-87(69)129-77-58-32-43-33-59(77)126-55-25-20-42(30-50(55)89)71(108)68-84(119)97-66(80(115)91-26-14-27-100(2)3)48-34-44(103)35-57(127-88-76(113)74(111)72(109)60(38-102)128-88)62(48)47-29-40(18-23-52(47)104)64(81(116)98-68)94-82(117)65(43)95-83(118)67-49-36-46(37-54(106)63(49)90)125-56-31-41(19-24-53(56)105)70(101(4)99-123)85(120)92-51(79(114)96-67)28-39-16-21-45(124-58)22-17-39/h16-25,29-37,51,60,64-76,78,87-88,102-106,108-113H,5-15,26-28,38H2,1-4H3,(H,91,115)(H,92,120)(H,93,107)(H,94,117)(H,95,118)(H,96,114)(H,97,119)(H,98,116)(H,121,122)/t51-,60-,64-,65-,66+,67+,68+,69-,70-,71-,72-,73-,74+,75+,76+,78+,87-,88+/m1/s1. The van der Waals surface area contributed by atoms with Gasteiger partial charge in [-0.2, -0.15) is 0 Å². The van der Waals surface area contributed by atoms with Crippen LogP contribution in [0.3, 0.4) is 0 Å². The van der Waals surface area contributed by atoms with Crippen LogP contribution in [-0.4, -0.2) is 239 Å². The van der Waals surface area contributed by atoms with Crippen molar-refractivity contribution >= 4 is 76.4 Å². The molecule has 8 aliphatic rings. The number of carbonyl (C=O) groups excluding carboxylic acids is 8. The number of aromatic hydroxyl groups is 4. The number of likely N-dealkylation sites (N-methyl/N-ethyl adjacent to an activating group) is 1. The molecule has 7 aromatic rings. The fourth-order valence-corrected chi connectivity index (χ4v) is 16.5. The van der Waals surface area contributed by atoms with Crippen LogP contribution in [0.2, 0.25) is 10.0 Å². The van der Waals surface area contributed by atoms with E-state index in [1.54, 1.807) is 19.0 Å². The number of nitrogens with zero attached hydrogens (tertiary/aromatic N) is 3. The number of nitroso groups, excluding NO2 is 1. The van der Waals surface area contributed by atoms with Gasteiger partial charge in [0.25, 0.3) is 0 Å². The molecule has 8 aliphatic heterocycles. The number of amides is 8. The van der Waals surface area contributed by atoms with Gasteiger partial charge in [0.1, 0.15) is 125 Å². The Bertz CT molecular complexity index is 5420. The Kier molecular flexibility index (Phi) is 30.4. The number of rotatable bonds is 24. The van der Waals surface area contributed by atoms with Crippen molar-refractivity contribution in [3.05, 3.63) is 169 Å². The number of carboxylic acids is 1. The van der Waals surface area contributed by atoms with Gasteiger partial charge in [-0.3, -0.25) is 38.4 Å². The Morgan fingerprint density at radius 1 is 0.554 bits per heavy atom. The molecule has 0 saturated carbocycles. The number of hydrogen-bond donors (Lipinski definition) is 20. The molecule has 0 aromatic heterocycles. The highest BCUT2D eigenvalue weighted by atomic mass is 35.5. The number of hydrogen-bond acceptors (Lipinski definition) is 30. The largest absolute Gasteiger partial charge is 0.508 e. The van der Waals surface area contributed by atoms with E-state index >= 15 is 28.8 Å². The van der Waals surface area contributed by atoms with Crippen molar-refractivity contribution in [2.24, 2.45) is 5.29 Å². The number of aliphatic hydroxyl groups is 7. The van der Waals surface area contributed by atoms with Gasteiger partial charge in [0.2, 0.25) is 65.6 Å². The van der Waals surface area contributed by atoms with Crippen LogP contribution in [0.5, 0.6) is 69.0 Å². The SMILES string of the molecule is CCCCCCCCCCCC(=O)N[C@H]1[C@H](Oc2c3cc4cc2Oc2ccc(cc2Cl)[C@@H](O)[C@@H]2NC(=O)[C@H](NC(=O)[C@@H]4NC(=O)[C@H]4NC(=O)[C@@H](Cc5ccc(cc5)O3)NC(=O)[C@H](N(C)N=O)c3ccc(O)c(c3)Oc3cc(O)c(Cl)c4c3)c3ccc(O)c(c3)-c3c(O[C@H]4O[C@H](CO)[C@@H](O)[C@H](O)[C@@H]4O)cc(O)cc3[C@@H](C(=O)NCCCN(C)C)NC2=O)O[C@H](C(=O)O)[C@@H](O)[C@@H]1O. The lowest BCUT2D eigenvalue weighted by Crippen LogP contribution is -2.66. The Hall–Kier alpha value is -12.5. The lowest BCUT2D eigenvalue weighted by atomic mass is 9.89. The van der Waals surface area contributed by atoms with Crippen LogP contribution in [-0.2, 0) is 59.0 Å². The van der Waals surface area contributed by atoms with Crippen LogP contribution in [0.4, 0.5) is 0 Å². The summed E-state index contributed by atoms with van der Waals surface area (Å²) < 4.78 is 44.4. The number of ether oxygens (including phenoxy) is 7. The summed E-state index contributed by atoms with van der Waals surface area (Å²) in [6.45, 7) is 1.42. The van der Waals surface area contributed by atoms with Gasteiger partial charge < -0.3 is 142 Å². The number of carboxylic acid groups (broad SMARTS) is 1. The van der Waals surface area contributed by atoms with E-state index in [2.05, 4.69) is 54.7 Å². The number of phenols is 4. The molecule has 40 nitrogen and oxygen atoms in total. The highest BCUT2D eigenvalue weighted by Crippen LogP contribution is 2.51. The van der Waals surface area contributed by atoms with Crippen LogP contribution in [0.15, 0.2) is 121 Å². The summed E-state index contributed by atoms with van der Waals surface area (Å²) in [6, 6.07) is 4.07. The number of phenolic OH excluding ortho intramolecular Hbond substituents is 4. The summed E-state index contributed by atoms with van der Waals surface area (Å²) in [5, 5.41) is 162. The third-order valence-electron chi connectivity index (χ3n) is 23.0. The number of benzene rings is 7. The summed E-state index contributed by atoms with van der Waals surface area (Å²) >= 11 is 14.3. The predicted octanol–water partition coefficient (Wildman–Crippen LogP) is 4.71. The number of unbranched alkanes of at least 4 members (excludes halogenated alkanes) is 8. The quantitative estimate of drug-likeness (QED) is 0.0221. The highest BCUT2D eigenvalue weighted by Gasteiger charge is 2.52. The van der Waals surface area contributed by atoms with Crippen molar-refractivity contribution < 1.29 is 138 Å². The number of carbonyl (C=O) groups is 9. The molecular weight excluding hydrogens is 1750 g/mol. The summed E-state index contributed by atoms with van der Waals surface area (Å²) in [5.74, 6) is -19.0. The van der Waals surface area contributed by atoms with E-state index in [0.717, 1.165) is 137 Å². The average Bonchev–Trinajstić information content (AvgIpc) is 0.756. The summed E-state index contributed by atoms with van der Waals surface area (Å²) in [5.41, 5.74) is -3.15. The third-order valence-corrected chi connectivity index (χ3v) is 23.7. The van der Waals surface area contributed by atoms with Gasteiger partial charge in [-0.1, -0.05) is 112 Å². The molecule has 130 heavy (non-hydrogen) atoms. The van der Waals surface area contributed by atoms with E-state index in [1.165, 1.54) is 30.3 Å². The Labute approximate surface area is 751 Å². The van der Waals surface area contributed by atoms with Crippen molar-refractivity contribution in [2.75, 3.05) is 40.8 Å². The van der Waals surface area contributed by atoms with Crippen molar-refractivity contribution in [1.29, 1.82) is 0 Å². The maximum Gasteiger partial charge on any atom is 0.335 e. The van der Waals surface area contributed by atoms with Crippen LogP contribution >= 0.6 is 23.2 Å². The van der Waals surface area contributed by atoms with E-state index in [0.29, 0.717) is 24.4 Å². The van der Waals surface area contributed by atoms with E-state index < -0.39 is 283 Å². The first kappa shape index (κ1) is 95.1. The highest BCUT2D eigenvalue weighted by molar-refractivity contribution is 6.33. The molecule has 18 atom stereocenters. The predicted molar refractivity (Wildman–Crippen MR) is 457 cm³/mol. The number of aliphatic carboxylic acids is 1. The molecule has 17 bridgehead atoms. The lowest BCUT2D eigenvalue weighted by molar-refractivity contribution is -0.277. The molecule has 7 aromatic carbocycles. The van der Waals surface area contributed by atoms with Crippen LogP contribution in [0, 0.1) is 4.91 Å². The minimum Gasteiger partial charge on any atom is -0.508 e. The minimum atomic E-state index is -2.49. The van der Waals surface area contributed by atoms with Crippen molar-refractivity contribution in [2.45, 2.75) is 194 Å². The molecule has 0 unspecified atom stereocenters.